The first kappa shape index (κ1) is 16.4. The van der Waals surface area contributed by atoms with Gasteiger partial charge < -0.3 is 9.47 Å². The molecule has 0 saturated heterocycles. The molecule has 6 heteroatoms. The van der Waals surface area contributed by atoms with Gasteiger partial charge in [-0.05, 0) is 28.9 Å². The monoisotopic (exact) mass is 388 g/mol. The third-order valence-electron chi connectivity index (χ3n) is 3.82. The van der Waals surface area contributed by atoms with Gasteiger partial charge in [-0.3, -0.25) is 14.4 Å². The number of allylic oxidation sites excluding steroid dienone is 2. The second-order valence-corrected chi connectivity index (χ2v) is 6.33. The SMILES string of the molecule is CC(=O)OC1(C)C(=O)C2=COC(c3ccccc3)=CC2=C(Br)C1=O. The molecule has 1 unspecified atom stereocenters. The van der Waals surface area contributed by atoms with Gasteiger partial charge in [0.1, 0.15) is 12.0 Å². The van der Waals surface area contributed by atoms with E-state index in [-0.39, 0.29) is 10.1 Å². The fourth-order valence-corrected chi connectivity index (χ4v) is 3.32. The number of carbonyl (C=O) groups excluding carboxylic acids is 3. The maximum absolute atomic E-state index is 12.7. The van der Waals surface area contributed by atoms with E-state index in [0.29, 0.717) is 11.3 Å². The summed E-state index contributed by atoms with van der Waals surface area (Å²) in [7, 11) is 0. The number of halogens is 1. The Labute approximate surface area is 146 Å². The van der Waals surface area contributed by atoms with E-state index in [1.54, 1.807) is 6.08 Å². The third-order valence-corrected chi connectivity index (χ3v) is 4.61. The Balaban J connectivity index is 2.09. The van der Waals surface area contributed by atoms with Crippen molar-refractivity contribution in [2.24, 2.45) is 0 Å². The third kappa shape index (κ3) is 2.53. The maximum Gasteiger partial charge on any atom is 0.304 e. The Morgan fingerprint density at radius 3 is 2.46 bits per heavy atom. The van der Waals surface area contributed by atoms with Crippen LogP contribution in [0.1, 0.15) is 19.4 Å². The molecule has 3 rings (SSSR count). The van der Waals surface area contributed by atoms with Crippen molar-refractivity contribution in [3.63, 3.8) is 0 Å². The fraction of sp³-hybridized carbons (Fsp3) is 0.167. The molecular weight excluding hydrogens is 376 g/mol. The van der Waals surface area contributed by atoms with Crippen LogP contribution in [0.15, 0.2) is 58.3 Å². The van der Waals surface area contributed by atoms with E-state index < -0.39 is 23.1 Å². The highest BCUT2D eigenvalue weighted by Gasteiger charge is 2.52. The van der Waals surface area contributed by atoms with E-state index in [4.69, 9.17) is 9.47 Å². The smallest absolute Gasteiger partial charge is 0.304 e. The van der Waals surface area contributed by atoms with Gasteiger partial charge in [-0.25, -0.2) is 0 Å². The van der Waals surface area contributed by atoms with Crippen molar-refractivity contribution in [1.29, 1.82) is 0 Å². The molecule has 24 heavy (non-hydrogen) atoms. The topological polar surface area (TPSA) is 69.7 Å². The molecule has 1 aromatic carbocycles. The number of Topliss-reactive ketones (excluding diaryl/α,β-unsaturated/α-hetero) is 2. The molecule has 2 aliphatic rings. The highest BCUT2D eigenvalue weighted by atomic mass is 79.9. The molecule has 0 aromatic heterocycles. The molecule has 5 nitrogen and oxygen atoms in total. The molecule has 0 amide bonds. The van der Waals surface area contributed by atoms with Gasteiger partial charge in [-0.2, -0.15) is 0 Å². The molecule has 1 atom stereocenters. The Bertz CT molecular complexity index is 847. The quantitative estimate of drug-likeness (QED) is 0.575. The average molecular weight is 389 g/mol. The van der Waals surface area contributed by atoms with Gasteiger partial charge in [0.2, 0.25) is 17.2 Å². The van der Waals surface area contributed by atoms with Crippen LogP contribution in [0.5, 0.6) is 0 Å². The summed E-state index contributed by atoms with van der Waals surface area (Å²) in [6.07, 6.45) is 2.91. The van der Waals surface area contributed by atoms with Crippen LogP contribution in [-0.4, -0.2) is 23.1 Å². The lowest BCUT2D eigenvalue weighted by atomic mass is 9.80. The number of ketones is 2. The van der Waals surface area contributed by atoms with E-state index in [0.717, 1.165) is 12.5 Å². The van der Waals surface area contributed by atoms with E-state index in [2.05, 4.69) is 15.9 Å². The molecule has 0 saturated carbocycles. The molecule has 1 aliphatic heterocycles. The number of carbonyl (C=O) groups is 3. The van der Waals surface area contributed by atoms with E-state index in [9.17, 15) is 14.4 Å². The molecule has 0 bridgehead atoms. The number of hydrogen-bond donors (Lipinski definition) is 0. The summed E-state index contributed by atoms with van der Waals surface area (Å²) >= 11 is 3.23. The van der Waals surface area contributed by atoms with E-state index in [1.165, 1.54) is 13.2 Å². The van der Waals surface area contributed by atoms with Crippen LogP contribution in [0.4, 0.5) is 0 Å². The number of benzene rings is 1. The lowest BCUT2D eigenvalue weighted by Crippen LogP contribution is -2.51. The molecule has 1 heterocycles. The summed E-state index contributed by atoms with van der Waals surface area (Å²) in [5, 5.41) is 0. The standard InChI is InChI=1S/C18H13BrO5/c1-10(20)24-18(2)16(21)13-9-23-14(11-6-4-3-5-7-11)8-12(13)15(19)17(18)22/h3-9H,1-2H3. The van der Waals surface area contributed by atoms with Crippen LogP contribution in [0, 0.1) is 0 Å². The van der Waals surface area contributed by atoms with Crippen molar-refractivity contribution >= 4 is 39.2 Å². The minimum absolute atomic E-state index is 0.175. The van der Waals surface area contributed by atoms with Crippen LogP contribution < -0.4 is 0 Å². The van der Waals surface area contributed by atoms with Gasteiger partial charge >= 0.3 is 5.97 Å². The zero-order valence-electron chi connectivity index (χ0n) is 13.0. The summed E-state index contributed by atoms with van der Waals surface area (Å²) < 4.78 is 10.7. The molecule has 1 aromatic rings. The first-order valence-corrected chi connectivity index (χ1v) is 7.97. The van der Waals surface area contributed by atoms with Crippen molar-refractivity contribution in [2.75, 3.05) is 0 Å². The molecule has 1 aliphatic carbocycles. The Hall–Kier alpha value is -2.47. The van der Waals surface area contributed by atoms with Crippen molar-refractivity contribution in [3.8, 4) is 0 Å². The lowest BCUT2D eigenvalue weighted by Gasteiger charge is -2.32. The second-order valence-electron chi connectivity index (χ2n) is 5.54. The Morgan fingerprint density at radius 1 is 1.17 bits per heavy atom. The van der Waals surface area contributed by atoms with Gasteiger partial charge in [-0.15, -0.1) is 0 Å². The maximum atomic E-state index is 12.7. The summed E-state index contributed by atoms with van der Waals surface area (Å²) in [6, 6.07) is 9.30. The normalized spacial score (nSPS) is 23.1. The summed E-state index contributed by atoms with van der Waals surface area (Å²) in [4.78, 5) is 36.6. The van der Waals surface area contributed by atoms with E-state index in [1.807, 2.05) is 30.3 Å². The van der Waals surface area contributed by atoms with Crippen molar-refractivity contribution < 1.29 is 23.9 Å². The highest BCUT2D eigenvalue weighted by molar-refractivity contribution is 9.12. The molecule has 0 N–H and O–H groups in total. The molecule has 0 spiro atoms. The zero-order chi connectivity index (χ0) is 17.5. The average Bonchev–Trinajstić information content (AvgIpc) is 2.58. The van der Waals surface area contributed by atoms with Crippen LogP contribution >= 0.6 is 15.9 Å². The zero-order valence-corrected chi connectivity index (χ0v) is 14.5. The highest BCUT2D eigenvalue weighted by Crippen LogP contribution is 2.40. The Morgan fingerprint density at radius 2 is 1.83 bits per heavy atom. The molecule has 122 valence electrons. The van der Waals surface area contributed by atoms with Gasteiger partial charge in [0.15, 0.2) is 0 Å². The predicted octanol–water partition coefficient (Wildman–Crippen LogP) is 3.06. The fourth-order valence-electron chi connectivity index (χ4n) is 2.61. The first-order chi connectivity index (χ1) is 11.3. The van der Waals surface area contributed by atoms with Gasteiger partial charge in [0.25, 0.3) is 0 Å². The Kier molecular flexibility index (Phi) is 4.01. The summed E-state index contributed by atoms with van der Waals surface area (Å²) in [5.74, 6) is -1.39. The number of hydrogen-bond acceptors (Lipinski definition) is 5. The number of ether oxygens (including phenoxy) is 2. The van der Waals surface area contributed by atoms with Crippen molar-refractivity contribution in [3.05, 3.63) is 63.9 Å². The minimum Gasteiger partial charge on any atom is -0.464 e. The van der Waals surface area contributed by atoms with E-state index >= 15 is 0 Å². The second kappa shape index (κ2) is 5.87. The predicted molar refractivity (Wildman–Crippen MR) is 89.7 cm³/mol. The van der Waals surface area contributed by atoms with Gasteiger partial charge in [-0.1, -0.05) is 30.3 Å². The summed E-state index contributed by atoms with van der Waals surface area (Å²) in [5.41, 5.74) is -0.472. The number of fused-ring (bicyclic) bond motifs is 1. The van der Waals surface area contributed by atoms with Crippen LogP contribution in [0.2, 0.25) is 0 Å². The molecule has 0 fully saturated rings. The molecular formula is C18H13BrO5. The van der Waals surface area contributed by atoms with Gasteiger partial charge in [0.05, 0.1) is 10.1 Å². The molecule has 0 radical (unpaired) electrons. The first-order valence-electron chi connectivity index (χ1n) is 7.18. The van der Waals surface area contributed by atoms with Crippen molar-refractivity contribution in [1.82, 2.24) is 0 Å². The number of esters is 1. The van der Waals surface area contributed by atoms with Crippen molar-refractivity contribution in [2.45, 2.75) is 19.4 Å². The van der Waals surface area contributed by atoms with Gasteiger partial charge in [0, 0.05) is 18.1 Å². The van der Waals surface area contributed by atoms with Crippen LogP contribution in [0.3, 0.4) is 0 Å². The largest absolute Gasteiger partial charge is 0.464 e. The van der Waals surface area contributed by atoms with Crippen LogP contribution in [0.25, 0.3) is 5.76 Å². The van der Waals surface area contributed by atoms with Crippen LogP contribution in [-0.2, 0) is 23.9 Å². The minimum atomic E-state index is -1.89. The number of rotatable bonds is 2. The summed E-state index contributed by atoms with van der Waals surface area (Å²) in [6.45, 7) is 2.44. The lowest BCUT2D eigenvalue weighted by molar-refractivity contribution is -0.167.